The monoisotopic (exact) mass is 277 g/mol. The maximum absolute atomic E-state index is 11.6. The number of nitrogens with one attached hydrogen (secondary N) is 1. The molecule has 0 saturated heterocycles. The molecule has 20 heavy (non-hydrogen) atoms. The minimum atomic E-state index is -0.994. The smallest absolute Gasteiger partial charge is 0.341 e. The van der Waals surface area contributed by atoms with Crippen molar-refractivity contribution in [1.29, 1.82) is 0 Å². The van der Waals surface area contributed by atoms with Crippen LogP contribution < -0.4 is 10.1 Å². The standard InChI is InChI=1S/C15H19NO4/c1-10-8-13(10)15(19)16-7-6-11-2-4-12(5-3-11)20-9-14(17)18/h2-5,10,13H,6-9H2,1H3,(H,16,19)(H,17,18)/t10-,13+/m1/s1. The largest absolute Gasteiger partial charge is 0.482 e. The van der Waals surface area contributed by atoms with Crippen LogP contribution in [0.5, 0.6) is 5.75 Å². The molecule has 0 aliphatic heterocycles. The Bertz CT molecular complexity index is 483. The van der Waals surface area contributed by atoms with Gasteiger partial charge in [-0.1, -0.05) is 19.1 Å². The van der Waals surface area contributed by atoms with Gasteiger partial charge in [-0.05, 0) is 36.5 Å². The van der Waals surface area contributed by atoms with E-state index in [1.54, 1.807) is 12.1 Å². The van der Waals surface area contributed by atoms with Crippen LogP contribution in [-0.4, -0.2) is 30.1 Å². The fourth-order valence-electron chi connectivity index (χ4n) is 2.05. The van der Waals surface area contributed by atoms with E-state index in [2.05, 4.69) is 12.2 Å². The molecular weight excluding hydrogens is 258 g/mol. The number of hydrogen-bond donors (Lipinski definition) is 2. The third kappa shape index (κ3) is 4.26. The Labute approximate surface area is 117 Å². The molecule has 108 valence electrons. The number of carbonyl (C=O) groups excluding carboxylic acids is 1. The zero-order valence-corrected chi connectivity index (χ0v) is 11.5. The number of ether oxygens (including phenoxy) is 1. The maximum atomic E-state index is 11.6. The van der Waals surface area contributed by atoms with Crippen molar-refractivity contribution >= 4 is 11.9 Å². The van der Waals surface area contributed by atoms with Gasteiger partial charge in [-0.15, -0.1) is 0 Å². The minimum absolute atomic E-state index is 0.152. The quantitative estimate of drug-likeness (QED) is 0.791. The molecule has 2 rings (SSSR count). The van der Waals surface area contributed by atoms with Crippen molar-refractivity contribution in [3.05, 3.63) is 29.8 Å². The molecule has 5 heteroatoms. The number of hydrogen-bond acceptors (Lipinski definition) is 3. The molecule has 0 aromatic heterocycles. The molecule has 1 aromatic rings. The number of carbonyl (C=O) groups is 2. The first kappa shape index (κ1) is 14.4. The van der Waals surface area contributed by atoms with Gasteiger partial charge in [0.05, 0.1) is 0 Å². The Morgan fingerprint density at radius 1 is 1.35 bits per heavy atom. The average Bonchev–Trinajstić information content (AvgIpc) is 3.15. The number of aliphatic carboxylic acids is 1. The molecule has 1 aliphatic carbocycles. The molecule has 0 unspecified atom stereocenters. The normalized spacial score (nSPS) is 20.2. The van der Waals surface area contributed by atoms with E-state index in [-0.39, 0.29) is 18.4 Å². The van der Waals surface area contributed by atoms with E-state index in [4.69, 9.17) is 9.84 Å². The first-order chi connectivity index (χ1) is 9.56. The predicted octanol–water partition coefficient (Wildman–Crippen LogP) is 1.46. The minimum Gasteiger partial charge on any atom is -0.482 e. The molecule has 2 N–H and O–H groups in total. The van der Waals surface area contributed by atoms with E-state index in [0.29, 0.717) is 18.2 Å². The fourth-order valence-corrected chi connectivity index (χ4v) is 2.05. The lowest BCUT2D eigenvalue weighted by molar-refractivity contribution is -0.139. The highest BCUT2D eigenvalue weighted by Crippen LogP contribution is 2.37. The molecule has 1 saturated carbocycles. The van der Waals surface area contributed by atoms with Crippen LogP contribution in [0.2, 0.25) is 0 Å². The number of carboxylic acids is 1. The van der Waals surface area contributed by atoms with Gasteiger partial charge in [0.15, 0.2) is 6.61 Å². The highest BCUT2D eigenvalue weighted by Gasteiger charge is 2.38. The second-order valence-corrected chi connectivity index (χ2v) is 5.19. The fraction of sp³-hybridized carbons (Fsp3) is 0.467. The van der Waals surface area contributed by atoms with E-state index in [1.165, 1.54) is 0 Å². The summed E-state index contributed by atoms with van der Waals surface area (Å²) in [5.74, 6) is 0.430. The molecule has 2 atom stereocenters. The van der Waals surface area contributed by atoms with Crippen molar-refractivity contribution in [3.8, 4) is 5.75 Å². The highest BCUT2D eigenvalue weighted by molar-refractivity contribution is 5.81. The highest BCUT2D eigenvalue weighted by atomic mass is 16.5. The van der Waals surface area contributed by atoms with Gasteiger partial charge >= 0.3 is 5.97 Å². The van der Waals surface area contributed by atoms with Gasteiger partial charge in [-0.2, -0.15) is 0 Å². The third-order valence-corrected chi connectivity index (χ3v) is 3.44. The first-order valence-corrected chi connectivity index (χ1v) is 6.77. The van der Waals surface area contributed by atoms with Crippen LogP contribution in [-0.2, 0) is 16.0 Å². The Balaban J connectivity index is 1.70. The molecule has 0 spiro atoms. The van der Waals surface area contributed by atoms with Crippen LogP contribution >= 0.6 is 0 Å². The van der Waals surface area contributed by atoms with Crippen molar-refractivity contribution in [3.63, 3.8) is 0 Å². The van der Waals surface area contributed by atoms with E-state index in [1.807, 2.05) is 12.1 Å². The van der Waals surface area contributed by atoms with Gasteiger partial charge in [-0.25, -0.2) is 4.79 Å². The number of carboxylic acid groups (broad SMARTS) is 1. The summed E-state index contributed by atoms with van der Waals surface area (Å²) in [4.78, 5) is 22.0. The Morgan fingerprint density at radius 2 is 2.00 bits per heavy atom. The zero-order chi connectivity index (χ0) is 14.5. The van der Waals surface area contributed by atoms with E-state index in [0.717, 1.165) is 18.4 Å². The average molecular weight is 277 g/mol. The van der Waals surface area contributed by atoms with Crippen LogP contribution in [0.3, 0.4) is 0 Å². The number of rotatable bonds is 7. The molecule has 1 fully saturated rings. The molecule has 1 aliphatic rings. The van der Waals surface area contributed by atoms with E-state index < -0.39 is 5.97 Å². The van der Waals surface area contributed by atoms with Crippen LogP contribution in [0, 0.1) is 11.8 Å². The molecular formula is C15H19NO4. The second kappa shape index (κ2) is 6.41. The Morgan fingerprint density at radius 3 is 2.55 bits per heavy atom. The molecule has 5 nitrogen and oxygen atoms in total. The van der Waals surface area contributed by atoms with Gasteiger partial charge in [0, 0.05) is 12.5 Å². The van der Waals surface area contributed by atoms with Crippen LogP contribution in [0.4, 0.5) is 0 Å². The van der Waals surface area contributed by atoms with Crippen molar-refractivity contribution in [2.45, 2.75) is 19.8 Å². The summed E-state index contributed by atoms with van der Waals surface area (Å²) in [6.07, 6.45) is 1.76. The topological polar surface area (TPSA) is 75.6 Å². The summed E-state index contributed by atoms with van der Waals surface area (Å²) in [6, 6.07) is 7.23. The Hall–Kier alpha value is -2.04. The summed E-state index contributed by atoms with van der Waals surface area (Å²) in [7, 11) is 0. The molecule has 0 heterocycles. The van der Waals surface area contributed by atoms with Gasteiger partial charge in [0.1, 0.15) is 5.75 Å². The first-order valence-electron chi connectivity index (χ1n) is 6.77. The van der Waals surface area contributed by atoms with Gasteiger partial charge in [0.2, 0.25) is 5.91 Å². The molecule has 1 amide bonds. The predicted molar refractivity (Wildman–Crippen MR) is 73.6 cm³/mol. The summed E-state index contributed by atoms with van der Waals surface area (Å²) in [6.45, 7) is 2.37. The van der Waals surface area contributed by atoms with Crippen molar-refractivity contribution in [1.82, 2.24) is 5.32 Å². The number of benzene rings is 1. The van der Waals surface area contributed by atoms with Crippen LogP contribution in [0.1, 0.15) is 18.9 Å². The van der Waals surface area contributed by atoms with Crippen LogP contribution in [0.25, 0.3) is 0 Å². The van der Waals surface area contributed by atoms with Gasteiger partial charge in [0.25, 0.3) is 0 Å². The lowest BCUT2D eigenvalue weighted by atomic mass is 10.1. The molecule has 0 radical (unpaired) electrons. The summed E-state index contributed by atoms with van der Waals surface area (Å²) in [5, 5.41) is 11.4. The van der Waals surface area contributed by atoms with E-state index in [9.17, 15) is 9.59 Å². The maximum Gasteiger partial charge on any atom is 0.341 e. The third-order valence-electron chi connectivity index (χ3n) is 3.44. The van der Waals surface area contributed by atoms with Crippen LogP contribution in [0.15, 0.2) is 24.3 Å². The van der Waals surface area contributed by atoms with E-state index >= 15 is 0 Å². The molecule has 1 aromatic carbocycles. The second-order valence-electron chi connectivity index (χ2n) is 5.19. The molecule has 0 bridgehead atoms. The van der Waals surface area contributed by atoms with Crippen molar-refractivity contribution in [2.24, 2.45) is 11.8 Å². The lowest BCUT2D eigenvalue weighted by Gasteiger charge is -2.06. The lowest BCUT2D eigenvalue weighted by Crippen LogP contribution is -2.27. The van der Waals surface area contributed by atoms with Gasteiger partial charge < -0.3 is 15.2 Å². The SMILES string of the molecule is C[C@@H]1C[C@@H]1C(=O)NCCc1ccc(OCC(=O)O)cc1. The van der Waals surface area contributed by atoms with Crippen molar-refractivity contribution in [2.75, 3.05) is 13.2 Å². The zero-order valence-electron chi connectivity index (χ0n) is 11.5. The van der Waals surface area contributed by atoms with Crippen molar-refractivity contribution < 1.29 is 19.4 Å². The summed E-state index contributed by atoms with van der Waals surface area (Å²) >= 11 is 0. The summed E-state index contributed by atoms with van der Waals surface area (Å²) < 4.78 is 5.05. The Kier molecular flexibility index (Phi) is 4.61. The van der Waals surface area contributed by atoms with Gasteiger partial charge in [-0.3, -0.25) is 4.79 Å². The summed E-state index contributed by atoms with van der Waals surface area (Å²) in [5.41, 5.74) is 1.08. The number of amides is 1.